The number of anilines is 2. The Kier molecular flexibility index (Phi) is 4.02. The number of benzene rings is 2. The van der Waals surface area contributed by atoms with Crippen molar-refractivity contribution in [2.24, 2.45) is 0 Å². The van der Waals surface area contributed by atoms with E-state index in [2.05, 4.69) is 11.4 Å². The Bertz CT molecular complexity index is 673. The molecule has 0 aliphatic rings. The van der Waals surface area contributed by atoms with Crippen molar-refractivity contribution in [2.75, 3.05) is 17.3 Å². The van der Waals surface area contributed by atoms with Crippen LogP contribution in [0.1, 0.15) is 11.1 Å². The molecule has 100 valence electrons. The van der Waals surface area contributed by atoms with Crippen LogP contribution in [0.3, 0.4) is 0 Å². The van der Waals surface area contributed by atoms with Gasteiger partial charge in [0.15, 0.2) is 0 Å². The molecule has 0 heterocycles. The summed E-state index contributed by atoms with van der Waals surface area (Å²) in [4.78, 5) is 13.6. The quantitative estimate of drug-likeness (QED) is 0.903. The van der Waals surface area contributed by atoms with Gasteiger partial charge >= 0.3 is 6.03 Å². The van der Waals surface area contributed by atoms with E-state index in [9.17, 15) is 4.79 Å². The van der Waals surface area contributed by atoms with Crippen molar-refractivity contribution in [3.05, 3.63) is 59.7 Å². The van der Waals surface area contributed by atoms with Crippen LogP contribution in [0.4, 0.5) is 16.2 Å². The van der Waals surface area contributed by atoms with Crippen LogP contribution in [0.5, 0.6) is 0 Å². The van der Waals surface area contributed by atoms with E-state index in [4.69, 9.17) is 5.26 Å². The molecule has 0 bridgehead atoms. The molecule has 0 unspecified atom stereocenters. The van der Waals surface area contributed by atoms with Gasteiger partial charge in [-0.05, 0) is 42.8 Å². The maximum absolute atomic E-state index is 12.2. The number of nitrogens with one attached hydrogen (secondary N) is 1. The molecule has 2 aromatic carbocycles. The molecule has 0 aliphatic carbocycles. The lowest BCUT2D eigenvalue weighted by Gasteiger charge is -2.18. The summed E-state index contributed by atoms with van der Waals surface area (Å²) in [5, 5.41) is 11.7. The van der Waals surface area contributed by atoms with Gasteiger partial charge in [0, 0.05) is 18.4 Å². The lowest BCUT2D eigenvalue weighted by Crippen LogP contribution is -2.31. The Morgan fingerprint density at radius 3 is 2.65 bits per heavy atom. The number of carbonyl (C=O) groups excluding carboxylic acids is 1. The van der Waals surface area contributed by atoms with Crippen molar-refractivity contribution in [1.29, 1.82) is 5.26 Å². The fourth-order valence-electron chi connectivity index (χ4n) is 1.83. The minimum atomic E-state index is -0.245. The standard InChI is InChI=1S/C16H15N3O/c1-12-5-3-7-14(9-12)18-16(20)19(2)15-8-4-6-13(10-15)11-17/h3-10H,1-2H3,(H,18,20). The molecule has 0 atom stereocenters. The summed E-state index contributed by atoms with van der Waals surface area (Å²) >= 11 is 0. The van der Waals surface area contributed by atoms with Gasteiger partial charge in [0.2, 0.25) is 0 Å². The smallest absolute Gasteiger partial charge is 0.308 e. The topological polar surface area (TPSA) is 56.1 Å². The molecule has 0 aromatic heterocycles. The van der Waals surface area contributed by atoms with E-state index in [0.29, 0.717) is 11.3 Å². The molecular weight excluding hydrogens is 250 g/mol. The second-order valence-corrected chi connectivity index (χ2v) is 4.52. The van der Waals surface area contributed by atoms with Crippen LogP contribution in [-0.4, -0.2) is 13.1 Å². The van der Waals surface area contributed by atoms with Crippen LogP contribution in [0.2, 0.25) is 0 Å². The zero-order valence-electron chi connectivity index (χ0n) is 11.4. The van der Waals surface area contributed by atoms with E-state index in [1.54, 1.807) is 31.3 Å². The maximum atomic E-state index is 12.2. The Morgan fingerprint density at radius 1 is 1.20 bits per heavy atom. The Labute approximate surface area is 118 Å². The average Bonchev–Trinajstić information content (AvgIpc) is 2.46. The molecule has 0 saturated heterocycles. The van der Waals surface area contributed by atoms with E-state index in [0.717, 1.165) is 11.3 Å². The lowest BCUT2D eigenvalue weighted by molar-refractivity contribution is 0.258. The van der Waals surface area contributed by atoms with Crippen LogP contribution in [-0.2, 0) is 0 Å². The van der Waals surface area contributed by atoms with Crippen molar-refractivity contribution in [3.8, 4) is 6.07 Å². The summed E-state index contributed by atoms with van der Waals surface area (Å²) in [6, 6.07) is 16.3. The summed E-state index contributed by atoms with van der Waals surface area (Å²) in [6.45, 7) is 1.97. The van der Waals surface area contributed by atoms with Crippen molar-refractivity contribution >= 4 is 17.4 Å². The number of nitriles is 1. The molecule has 4 nitrogen and oxygen atoms in total. The summed E-state index contributed by atoms with van der Waals surface area (Å²) < 4.78 is 0. The highest BCUT2D eigenvalue weighted by Gasteiger charge is 2.11. The molecule has 4 heteroatoms. The minimum absolute atomic E-state index is 0.245. The number of nitrogens with zero attached hydrogens (tertiary/aromatic N) is 2. The first-order valence-corrected chi connectivity index (χ1v) is 6.21. The summed E-state index contributed by atoms with van der Waals surface area (Å²) in [5.41, 5.74) is 3.03. The third kappa shape index (κ3) is 3.15. The second kappa shape index (κ2) is 5.89. The first-order chi connectivity index (χ1) is 9.60. The molecule has 0 aliphatic heterocycles. The monoisotopic (exact) mass is 265 g/mol. The van der Waals surface area contributed by atoms with Gasteiger partial charge in [-0.25, -0.2) is 4.79 Å². The van der Waals surface area contributed by atoms with E-state index >= 15 is 0 Å². The lowest BCUT2D eigenvalue weighted by atomic mass is 10.2. The first kappa shape index (κ1) is 13.6. The van der Waals surface area contributed by atoms with Gasteiger partial charge in [-0.1, -0.05) is 18.2 Å². The number of urea groups is 1. The molecule has 0 radical (unpaired) electrons. The second-order valence-electron chi connectivity index (χ2n) is 4.52. The fraction of sp³-hybridized carbons (Fsp3) is 0.125. The van der Waals surface area contributed by atoms with E-state index < -0.39 is 0 Å². The molecular formula is C16H15N3O. The molecule has 0 saturated carbocycles. The van der Waals surface area contributed by atoms with Gasteiger partial charge in [0.1, 0.15) is 0 Å². The summed E-state index contributed by atoms with van der Waals surface area (Å²) in [5.74, 6) is 0. The molecule has 2 aromatic rings. The Morgan fingerprint density at radius 2 is 1.95 bits per heavy atom. The molecule has 0 spiro atoms. The third-order valence-corrected chi connectivity index (χ3v) is 2.94. The van der Waals surface area contributed by atoms with E-state index in [1.165, 1.54) is 4.90 Å². The highest BCUT2D eigenvalue weighted by Crippen LogP contribution is 2.16. The van der Waals surface area contributed by atoms with Crippen LogP contribution >= 0.6 is 0 Å². The molecule has 2 amide bonds. The number of hydrogen-bond acceptors (Lipinski definition) is 2. The predicted octanol–water partition coefficient (Wildman–Crippen LogP) is 3.54. The zero-order chi connectivity index (χ0) is 14.5. The summed E-state index contributed by atoms with van der Waals surface area (Å²) in [7, 11) is 1.67. The van der Waals surface area contributed by atoms with Gasteiger partial charge in [0.25, 0.3) is 0 Å². The minimum Gasteiger partial charge on any atom is -0.308 e. The van der Waals surface area contributed by atoms with Crippen LogP contribution in [0.25, 0.3) is 0 Å². The van der Waals surface area contributed by atoms with Gasteiger partial charge in [0.05, 0.1) is 11.6 Å². The van der Waals surface area contributed by atoms with Crippen molar-refractivity contribution in [3.63, 3.8) is 0 Å². The maximum Gasteiger partial charge on any atom is 0.326 e. The zero-order valence-corrected chi connectivity index (χ0v) is 11.4. The van der Waals surface area contributed by atoms with E-state index in [1.807, 2.05) is 31.2 Å². The largest absolute Gasteiger partial charge is 0.326 e. The highest BCUT2D eigenvalue weighted by molar-refractivity contribution is 6.01. The van der Waals surface area contributed by atoms with Crippen LogP contribution < -0.4 is 10.2 Å². The molecule has 1 N–H and O–H groups in total. The SMILES string of the molecule is Cc1cccc(NC(=O)N(C)c2cccc(C#N)c2)c1. The number of carbonyl (C=O) groups is 1. The molecule has 20 heavy (non-hydrogen) atoms. The Balaban J connectivity index is 2.14. The number of hydrogen-bond donors (Lipinski definition) is 1. The normalized spacial score (nSPS) is 9.65. The van der Waals surface area contributed by atoms with Gasteiger partial charge in [-0.3, -0.25) is 4.90 Å². The fourth-order valence-corrected chi connectivity index (χ4v) is 1.83. The number of aryl methyl sites for hydroxylation is 1. The Hall–Kier alpha value is -2.80. The van der Waals surface area contributed by atoms with Crippen molar-refractivity contribution < 1.29 is 4.79 Å². The highest BCUT2D eigenvalue weighted by atomic mass is 16.2. The molecule has 2 rings (SSSR count). The third-order valence-electron chi connectivity index (χ3n) is 2.94. The average molecular weight is 265 g/mol. The van der Waals surface area contributed by atoms with Crippen molar-refractivity contribution in [1.82, 2.24) is 0 Å². The van der Waals surface area contributed by atoms with Crippen molar-refractivity contribution in [2.45, 2.75) is 6.92 Å². The van der Waals surface area contributed by atoms with E-state index in [-0.39, 0.29) is 6.03 Å². The van der Waals surface area contributed by atoms with Gasteiger partial charge < -0.3 is 5.32 Å². The van der Waals surface area contributed by atoms with Gasteiger partial charge in [-0.2, -0.15) is 5.26 Å². The molecule has 0 fully saturated rings. The predicted molar refractivity (Wildman–Crippen MR) is 79.8 cm³/mol. The summed E-state index contributed by atoms with van der Waals surface area (Å²) in [6.07, 6.45) is 0. The first-order valence-electron chi connectivity index (χ1n) is 6.21. The van der Waals surface area contributed by atoms with Gasteiger partial charge in [-0.15, -0.1) is 0 Å². The number of amides is 2. The van der Waals surface area contributed by atoms with Crippen LogP contribution in [0.15, 0.2) is 48.5 Å². The number of rotatable bonds is 2. The van der Waals surface area contributed by atoms with Crippen LogP contribution in [0, 0.1) is 18.3 Å².